The van der Waals surface area contributed by atoms with Gasteiger partial charge in [-0.15, -0.1) is 0 Å². The highest BCUT2D eigenvalue weighted by atomic mass is 16.3. The summed E-state index contributed by atoms with van der Waals surface area (Å²) in [6, 6.07) is 9.57. The van der Waals surface area contributed by atoms with Crippen molar-refractivity contribution in [1.82, 2.24) is 5.01 Å². The van der Waals surface area contributed by atoms with Crippen LogP contribution in [0.4, 0.5) is 5.69 Å². The molecule has 1 saturated heterocycles. The number of hydrogen-bond acceptors (Lipinski definition) is 3. The van der Waals surface area contributed by atoms with Crippen LogP contribution in [0.25, 0.3) is 0 Å². The predicted molar refractivity (Wildman–Crippen MR) is 61.8 cm³/mol. The van der Waals surface area contributed by atoms with Crippen molar-refractivity contribution >= 4 is 11.6 Å². The summed E-state index contributed by atoms with van der Waals surface area (Å²) in [5.74, 6) is 0.103. The molecule has 1 aliphatic rings. The monoisotopic (exact) mass is 220 g/mol. The number of aliphatic hydroxyl groups excluding tert-OH is 1. The first kappa shape index (κ1) is 11.1. The van der Waals surface area contributed by atoms with Crippen LogP contribution in [0.15, 0.2) is 30.3 Å². The van der Waals surface area contributed by atoms with Gasteiger partial charge in [0, 0.05) is 19.5 Å². The van der Waals surface area contributed by atoms with Gasteiger partial charge in [0.05, 0.1) is 12.3 Å². The lowest BCUT2D eigenvalue weighted by molar-refractivity contribution is -0.124. The van der Waals surface area contributed by atoms with E-state index in [0.717, 1.165) is 18.7 Å². The highest BCUT2D eigenvalue weighted by molar-refractivity contribution is 5.92. The molecular weight excluding hydrogens is 204 g/mol. The molecule has 0 aromatic heterocycles. The van der Waals surface area contributed by atoms with Gasteiger partial charge in [0.25, 0.3) is 0 Å². The molecule has 1 aromatic rings. The third kappa shape index (κ3) is 2.23. The quantitative estimate of drug-likeness (QED) is 0.827. The molecule has 4 nitrogen and oxygen atoms in total. The maximum absolute atomic E-state index is 11.9. The Kier molecular flexibility index (Phi) is 3.54. The maximum Gasteiger partial charge on any atom is 0.241 e. The van der Waals surface area contributed by atoms with Crippen molar-refractivity contribution in [1.29, 1.82) is 0 Å². The Balaban J connectivity index is 2.23. The predicted octanol–water partition coefficient (Wildman–Crippen LogP) is 1.02. The summed E-state index contributed by atoms with van der Waals surface area (Å²) in [4.78, 5) is 11.9. The Hall–Kier alpha value is -1.39. The molecule has 2 rings (SSSR count). The summed E-state index contributed by atoms with van der Waals surface area (Å²) in [7, 11) is 0. The summed E-state index contributed by atoms with van der Waals surface area (Å²) < 4.78 is 0. The molecule has 1 N–H and O–H groups in total. The van der Waals surface area contributed by atoms with Crippen LogP contribution in [0.3, 0.4) is 0 Å². The van der Waals surface area contributed by atoms with Gasteiger partial charge >= 0.3 is 0 Å². The highest BCUT2D eigenvalue weighted by Gasteiger charge is 2.26. The van der Waals surface area contributed by atoms with E-state index in [0.29, 0.717) is 13.0 Å². The van der Waals surface area contributed by atoms with Crippen molar-refractivity contribution in [2.75, 3.05) is 24.7 Å². The Morgan fingerprint density at radius 1 is 1.25 bits per heavy atom. The van der Waals surface area contributed by atoms with E-state index in [1.54, 1.807) is 5.01 Å². The molecule has 1 aliphatic heterocycles. The second-order valence-corrected chi connectivity index (χ2v) is 3.82. The van der Waals surface area contributed by atoms with Crippen LogP contribution in [0.5, 0.6) is 0 Å². The summed E-state index contributed by atoms with van der Waals surface area (Å²) in [6.07, 6.45) is 1.44. The van der Waals surface area contributed by atoms with E-state index < -0.39 is 0 Å². The van der Waals surface area contributed by atoms with Crippen LogP contribution < -0.4 is 5.01 Å². The van der Waals surface area contributed by atoms with Crippen molar-refractivity contribution in [3.05, 3.63) is 30.3 Å². The Morgan fingerprint density at radius 3 is 2.69 bits per heavy atom. The summed E-state index contributed by atoms with van der Waals surface area (Å²) in [6.45, 7) is 1.39. The molecule has 1 amide bonds. The fourth-order valence-electron chi connectivity index (χ4n) is 1.98. The third-order valence-electron chi connectivity index (χ3n) is 2.68. The van der Waals surface area contributed by atoms with Crippen molar-refractivity contribution in [2.45, 2.75) is 12.8 Å². The summed E-state index contributed by atoms with van der Waals surface area (Å²) >= 11 is 0. The van der Waals surface area contributed by atoms with Crippen LogP contribution in [0.2, 0.25) is 0 Å². The molecule has 0 aliphatic carbocycles. The number of anilines is 1. The zero-order valence-corrected chi connectivity index (χ0v) is 9.17. The molecule has 0 unspecified atom stereocenters. The van der Waals surface area contributed by atoms with Crippen LogP contribution >= 0.6 is 0 Å². The van der Waals surface area contributed by atoms with E-state index in [9.17, 15) is 4.79 Å². The number of hydrogen-bond donors (Lipinski definition) is 1. The average Bonchev–Trinajstić information content (AvgIpc) is 2.31. The largest absolute Gasteiger partial charge is 0.395 e. The first-order valence-corrected chi connectivity index (χ1v) is 5.56. The third-order valence-corrected chi connectivity index (χ3v) is 2.68. The summed E-state index contributed by atoms with van der Waals surface area (Å²) in [5, 5.41) is 12.6. The molecule has 1 heterocycles. The number of rotatable bonds is 3. The van der Waals surface area contributed by atoms with E-state index >= 15 is 0 Å². The van der Waals surface area contributed by atoms with Crippen LogP contribution in [-0.4, -0.2) is 35.7 Å². The topological polar surface area (TPSA) is 43.8 Å². The molecule has 0 radical (unpaired) electrons. The molecule has 1 aromatic carbocycles. The standard InChI is InChI=1S/C12H16N2O2/c15-10-9-13-8-4-7-12(16)14(13)11-5-2-1-3-6-11/h1-3,5-6,15H,4,7-10H2. The van der Waals surface area contributed by atoms with Crippen molar-refractivity contribution in [2.24, 2.45) is 0 Å². The second kappa shape index (κ2) is 5.09. The molecule has 0 saturated carbocycles. The van der Waals surface area contributed by atoms with E-state index in [4.69, 9.17) is 5.11 Å². The number of carbonyl (C=O) groups is 1. The zero-order valence-electron chi connectivity index (χ0n) is 9.17. The normalized spacial score (nSPS) is 17.8. The Bertz CT molecular complexity index is 351. The van der Waals surface area contributed by atoms with Crippen LogP contribution in [0, 0.1) is 0 Å². The molecular formula is C12H16N2O2. The van der Waals surface area contributed by atoms with Crippen LogP contribution in [-0.2, 0) is 4.79 Å². The smallest absolute Gasteiger partial charge is 0.241 e. The molecule has 1 fully saturated rings. The number of para-hydroxylation sites is 1. The fraction of sp³-hybridized carbons (Fsp3) is 0.417. The Morgan fingerprint density at radius 2 is 2.00 bits per heavy atom. The lowest BCUT2D eigenvalue weighted by atomic mass is 10.2. The Labute approximate surface area is 95.1 Å². The van der Waals surface area contributed by atoms with Crippen LogP contribution in [0.1, 0.15) is 12.8 Å². The maximum atomic E-state index is 11.9. The van der Waals surface area contributed by atoms with Gasteiger partial charge in [0.2, 0.25) is 5.91 Å². The number of amides is 1. The van der Waals surface area contributed by atoms with Gasteiger partial charge in [-0.1, -0.05) is 18.2 Å². The number of nitrogens with zero attached hydrogens (tertiary/aromatic N) is 2. The second-order valence-electron chi connectivity index (χ2n) is 3.82. The molecule has 0 bridgehead atoms. The average molecular weight is 220 g/mol. The van der Waals surface area contributed by atoms with Crippen molar-refractivity contribution in [3.63, 3.8) is 0 Å². The first-order chi connectivity index (χ1) is 7.83. The summed E-state index contributed by atoms with van der Waals surface area (Å²) in [5.41, 5.74) is 0.876. The fourth-order valence-corrected chi connectivity index (χ4v) is 1.98. The van der Waals surface area contributed by atoms with Crippen molar-refractivity contribution in [3.8, 4) is 0 Å². The van der Waals surface area contributed by atoms with E-state index in [-0.39, 0.29) is 12.5 Å². The number of β-amino-alcohol motifs (C(OH)–C–C–N with tert-alkyl or cyclic N) is 1. The van der Waals surface area contributed by atoms with Gasteiger partial charge in [-0.2, -0.15) is 0 Å². The van der Waals surface area contributed by atoms with E-state index in [1.165, 1.54) is 0 Å². The highest BCUT2D eigenvalue weighted by Crippen LogP contribution is 2.21. The van der Waals surface area contributed by atoms with Gasteiger partial charge in [-0.3, -0.25) is 4.79 Å². The van der Waals surface area contributed by atoms with Gasteiger partial charge < -0.3 is 5.11 Å². The molecule has 4 heteroatoms. The molecule has 0 atom stereocenters. The molecule has 16 heavy (non-hydrogen) atoms. The van der Waals surface area contributed by atoms with Crippen molar-refractivity contribution < 1.29 is 9.90 Å². The minimum atomic E-state index is 0.0661. The first-order valence-electron chi connectivity index (χ1n) is 5.56. The lowest BCUT2D eigenvalue weighted by Crippen LogP contribution is -2.51. The zero-order chi connectivity index (χ0) is 11.4. The minimum absolute atomic E-state index is 0.0661. The minimum Gasteiger partial charge on any atom is -0.395 e. The van der Waals surface area contributed by atoms with Gasteiger partial charge in [0.1, 0.15) is 0 Å². The van der Waals surface area contributed by atoms with Gasteiger partial charge in [-0.25, -0.2) is 10.0 Å². The lowest BCUT2D eigenvalue weighted by Gasteiger charge is -2.38. The van der Waals surface area contributed by atoms with E-state index in [1.807, 2.05) is 35.3 Å². The number of carbonyl (C=O) groups excluding carboxylic acids is 1. The van der Waals surface area contributed by atoms with E-state index in [2.05, 4.69) is 0 Å². The number of benzene rings is 1. The molecule has 86 valence electrons. The van der Waals surface area contributed by atoms with Gasteiger partial charge in [-0.05, 0) is 18.6 Å². The number of aliphatic hydroxyl groups is 1. The van der Waals surface area contributed by atoms with Gasteiger partial charge in [0.15, 0.2) is 0 Å². The SMILES string of the molecule is O=C1CCCN(CCO)N1c1ccccc1. The number of hydrazine groups is 1. The molecule has 0 spiro atoms.